The number of carbonyl (C=O) groups is 2. The largest absolute Gasteiger partial charge is 0.438 e. The van der Waals surface area contributed by atoms with E-state index in [0.29, 0.717) is 0 Å². The first kappa shape index (κ1) is 11.0. The van der Waals surface area contributed by atoms with Crippen LogP contribution in [-0.4, -0.2) is 36.0 Å². The number of Topliss-reactive ketones (excluding diaryl/α,β-unsaturated/α-hetero) is 1. The fraction of sp³-hybridized carbons (Fsp3) is 0.800. The van der Waals surface area contributed by atoms with Crippen LogP contribution >= 0.6 is 0 Å². The fourth-order valence-electron chi connectivity index (χ4n) is 1.39. The minimum absolute atomic E-state index is 0.115. The van der Waals surface area contributed by atoms with Crippen LogP contribution in [-0.2, 0) is 9.53 Å². The zero-order valence-corrected chi connectivity index (χ0v) is 8.78. The van der Waals surface area contributed by atoms with Gasteiger partial charge >= 0.3 is 6.09 Å². The average molecular weight is 199 g/mol. The molecule has 4 heteroatoms. The van der Waals surface area contributed by atoms with Gasteiger partial charge in [0.05, 0.1) is 0 Å². The standard InChI is InChI=1S/C10H17NO3/c1-8(12)9(2)14-10(13)11-6-4-3-5-7-11/h9H,3-7H2,1-2H3. The molecule has 0 aromatic rings. The molecule has 1 atom stereocenters. The predicted octanol–water partition coefficient (Wildman–Crippen LogP) is 1.59. The molecule has 0 bridgehead atoms. The molecule has 1 heterocycles. The highest BCUT2D eigenvalue weighted by atomic mass is 16.6. The second kappa shape index (κ2) is 4.98. The molecule has 1 unspecified atom stereocenters. The molecule has 0 aromatic heterocycles. The highest BCUT2D eigenvalue weighted by Gasteiger charge is 2.21. The number of hydrogen-bond acceptors (Lipinski definition) is 3. The molecule has 1 aliphatic heterocycles. The maximum Gasteiger partial charge on any atom is 0.410 e. The van der Waals surface area contributed by atoms with Gasteiger partial charge in [-0.25, -0.2) is 4.79 Å². The number of piperidine rings is 1. The number of ether oxygens (including phenoxy) is 1. The topological polar surface area (TPSA) is 46.6 Å². The molecule has 0 aliphatic carbocycles. The fourth-order valence-corrected chi connectivity index (χ4v) is 1.39. The van der Waals surface area contributed by atoms with Gasteiger partial charge in [-0.05, 0) is 33.1 Å². The molecule has 1 saturated heterocycles. The molecular formula is C10H17NO3. The maximum absolute atomic E-state index is 11.5. The van der Waals surface area contributed by atoms with Gasteiger partial charge in [-0.15, -0.1) is 0 Å². The zero-order chi connectivity index (χ0) is 10.6. The van der Waals surface area contributed by atoms with Crippen molar-refractivity contribution < 1.29 is 14.3 Å². The van der Waals surface area contributed by atoms with E-state index in [1.165, 1.54) is 13.3 Å². The highest BCUT2D eigenvalue weighted by Crippen LogP contribution is 2.10. The summed E-state index contributed by atoms with van der Waals surface area (Å²) in [6.07, 6.45) is 2.26. The van der Waals surface area contributed by atoms with Gasteiger partial charge in [-0.1, -0.05) is 0 Å². The molecule has 0 aromatic carbocycles. The van der Waals surface area contributed by atoms with Crippen molar-refractivity contribution in [1.29, 1.82) is 0 Å². The van der Waals surface area contributed by atoms with Crippen molar-refractivity contribution in [2.75, 3.05) is 13.1 Å². The van der Waals surface area contributed by atoms with Gasteiger partial charge in [0.1, 0.15) is 0 Å². The van der Waals surface area contributed by atoms with Crippen molar-refractivity contribution in [2.45, 2.75) is 39.2 Å². The molecular weight excluding hydrogens is 182 g/mol. The molecule has 0 spiro atoms. The predicted molar refractivity (Wildman–Crippen MR) is 52.0 cm³/mol. The SMILES string of the molecule is CC(=O)C(C)OC(=O)N1CCCCC1. The van der Waals surface area contributed by atoms with E-state index in [0.717, 1.165) is 25.9 Å². The van der Waals surface area contributed by atoms with Gasteiger partial charge in [0.2, 0.25) is 0 Å². The molecule has 14 heavy (non-hydrogen) atoms. The average Bonchev–Trinajstić information content (AvgIpc) is 2.19. The van der Waals surface area contributed by atoms with Crippen LogP contribution in [0.2, 0.25) is 0 Å². The van der Waals surface area contributed by atoms with Crippen LogP contribution in [0.4, 0.5) is 4.79 Å². The summed E-state index contributed by atoms with van der Waals surface area (Å²) in [7, 11) is 0. The number of rotatable bonds is 2. The summed E-state index contributed by atoms with van der Waals surface area (Å²) in [5.41, 5.74) is 0. The lowest BCUT2D eigenvalue weighted by Gasteiger charge is -2.26. The van der Waals surface area contributed by atoms with Crippen LogP contribution in [0.3, 0.4) is 0 Å². The van der Waals surface area contributed by atoms with E-state index in [4.69, 9.17) is 4.74 Å². The van der Waals surface area contributed by atoms with Gasteiger partial charge in [-0.2, -0.15) is 0 Å². The third-order valence-electron chi connectivity index (χ3n) is 2.46. The van der Waals surface area contributed by atoms with E-state index in [2.05, 4.69) is 0 Å². The Labute approximate surface area is 84.2 Å². The van der Waals surface area contributed by atoms with E-state index in [9.17, 15) is 9.59 Å². The third kappa shape index (κ3) is 3.01. The van der Waals surface area contributed by atoms with Crippen LogP contribution in [0.1, 0.15) is 33.1 Å². The van der Waals surface area contributed by atoms with Crippen molar-refractivity contribution >= 4 is 11.9 Å². The molecule has 1 aliphatic rings. The smallest absolute Gasteiger partial charge is 0.410 e. The summed E-state index contributed by atoms with van der Waals surface area (Å²) < 4.78 is 4.99. The molecule has 1 amide bonds. The number of carbonyl (C=O) groups excluding carboxylic acids is 2. The van der Waals surface area contributed by atoms with E-state index in [1.54, 1.807) is 11.8 Å². The van der Waals surface area contributed by atoms with Crippen LogP contribution in [0, 0.1) is 0 Å². The van der Waals surface area contributed by atoms with Crippen molar-refractivity contribution in [2.24, 2.45) is 0 Å². The summed E-state index contributed by atoms with van der Waals surface area (Å²) >= 11 is 0. The van der Waals surface area contributed by atoms with Crippen LogP contribution in [0.15, 0.2) is 0 Å². The van der Waals surface area contributed by atoms with Gasteiger partial charge in [-0.3, -0.25) is 4.79 Å². The summed E-state index contributed by atoms with van der Waals surface area (Å²) in [5.74, 6) is -0.115. The van der Waals surface area contributed by atoms with Gasteiger partial charge in [0.25, 0.3) is 0 Å². The van der Waals surface area contributed by atoms with Crippen LogP contribution in [0.25, 0.3) is 0 Å². The Morgan fingerprint density at radius 2 is 1.79 bits per heavy atom. The lowest BCUT2D eigenvalue weighted by Crippen LogP contribution is -2.38. The van der Waals surface area contributed by atoms with Crippen molar-refractivity contribution in [3.8, 4) is 0 Å². The number of hydrogen-bond donors (Lipinski definition) is 0. The first-order chi connectivity index (χ1) is 6.61. The Hall–Kier alpha value is -1.06. The second-order valence-electron chi connectivity index (χ2n) is 3.68. The van der Waals surface area contributed by atoms with E-state index < -0.39 is 6.10 Å². The monoisotopic (exact) mass is 199 g/mol. The quantitative estimate of drug-likeness (QED) is 0.678. The van der Waals surface area contributed by atoms with Gasteiger partial charge in [0, 0.05) is 13.1 Å². The Bertz CT molecular complexity index is 221. The van der Waals surface area contributed by atoms with E-state index in [1.807, 2.05) is 0 Å². The summed E-state index contributed by atoms with van der Waals surface area (Å²) in [4.78, 5) is 24.0. The van der Waals surface area contributed by atoms with Crippen LogP contribution in [0.5, 0.6) is 0 Å². The maximum atomic E-state index is 11.5. The lowest BCUT2D eigenvalue weighted by atomic mass is 10.1. The van der Waals surface area contributed by atoms with Crippen LogP contribution < -0.4 is 0 Å². The van der Waals surface area contributed by atoms with E-state index in [-0.39, 0.29) is 11.9 Å². The third-order valence-corrected chi connectivity index (χ3v) is 2.46. The van der Waals surface area contributed by atoms with Crippen molar-refractivity contribution in [3.63, 3.8) is 0 Å². The second-order valence-corrected chi connectivity index (χ2v) is 3.68. The van der Waals surface area contributed by atoms with E-state index >= 15 is 0 Å². The Kier molecular flexibility index (Phi) is 3.92. The molecule has 80 valence electrons. The minimum Gasteiger partial charge on any atom is -0.438 e. The normalized spacial score (nSPS) is 18.9. The van der Waals surface area contributed by atoms with Gasteiger partial charge in [0.15, 0.2) is 11.9 Å². The lowest BCUT2D eigenvalue weighted by molar-refractivity contribution is -0.124. The van der Waals surface area contributed by atoms with Gasteiger partial charge < -0.3 is 9.64 Å². The summed E-state index contributed by atoms with van der Waals surface area (Å²) in [6, 6.07) is 0. The zero-order valence-electron chi connectivity index (χ0n) is 8.78. The van der Waals surface area contributed by atoms with Crippen molar-refractivity contribution in [1.82, 2.24) is 4.90 Å². The Balaban J connectivity index is 2.36. The number of ketones is 1. The Morgan fingerprint density at radius 1 is 1.21 bits per heavy atom. The molecule has 0 N–H and O–H groups in total. The molecule has 4 nitrogen and oxygen atoms in total. The minimum atomic E-state index is -0.621. The number of amides is 1. The highest BCUT2D eigenvalue weighted by molar-refractivity contribution is 5.82. The van der Waals surface area contributed by atoms with Crippen molar-refractivity contribution in [3.05, 3.63) is 0 Å². The first-order valence-electron chi connectivity index (χ1n) is 5.07. The Morgan fingerprint density at radius 3 is 2.29 bits per heavy atom. The number of likely N-dealkylation sites (tertiary alicyclic amines) is 1. The molecule has 1 rings (SSSR count). The summed E-state index contributed by atoms with van der Waals surface area (Å²) in [5, 5.41) is 0. The summed E-state index contributed by atoms with van der Waals surface area (Å²) in [6.45, 7) is 4.53. The molecule has 1 fully saturated rings. The molecule has 0 saturated carbocycles. The first-order valence-corrected chi connectivity index (χ1v) is 5.07. The molecule has 0 radical (unpaired) electrons. The number of nitrogens with zero attached hydrogens (tertiary/aromatic N) is 1.